The molecular weight excluding hydrogens is 368 g/mol. The molecule has 27 heavy (non-hydrogen) atoms. The number of nitrogens with zero attached hydrogens (tertiary/aromatic N) is 2. The minimum absolute atomic E-state index is 0.00399. The molecule has 140 valence electrons. The number of carbonyl (C=O) groups excluding carboxylic acids is 2. The number of hydrogen-bond donors (Lipinski definition) is 2. The van der Waals surface area contributed by atoms with Crippen LogP contribution in [0.4, 0.5) is 17.2 Å². The fourth-order valence-corrected chi connectivity index (χ4v) is 3.27. The minimum Gasteiger partial charge on any atom is -0.495 e. The lowest BCUT2D eigenvalue weighted by molar-refractivity contribution is -0.117. The molecule has 1 saturated carbocycles. The summed E-state index contributed by atoms with van der Waals surface area (Å²) in [7, 11) is 1.53. The zero-order chi connectivity index (χ0) is 19.0. The number of anilines is 3. The smallest absolute Gasteiger partial charge is 0.257 e. The van der Waals surface area contributed by atoms with Gasteiger partial charge >= 0.3 is 0 Å². The maximum atomic E-state index is 12.6. The molecule has 0 bridgehead atoms. The molecule has 2 N–H and O–H groups in total. The Labute approximate surface area is 161 Å². The van der Waals surface area contributed by atoms with E-state index in [2.05, 4.69) is 15.6 Å². The van der Waals surface area contributed by atoms with Crippen LogP contribution in [0, 0.1) is 5.92 Å². The van der Waals surface area contributed by atoms with E-state index in [9.17, 15) is 9.59 Å². The van der Waals surface area contributed by atoms with Gasteiger partial charge in [0.15, 0.2) is 0 Å². The van der Waals surface area contributed by atoms with E-state index >= 15 is 0 Å². The van der Waals surface area contributed by atoms with Gasteiger partial charge in [-0.3, -0.25) is 9.59 Å². The lowest BCUT2D eigenvalue weighted by atomic mass is 10.1. The minimum atomic E-state index is -0.323. The third-order valence-electron chi connectivity index (χ3n) is 4.68. The van der Waals surface area contributed by atoms with E-state index in [0.29, 0.717) is 46.0 Å². The Morgan fingerprint density at radius 3 is 2.93 bits per heavy atom. The van der Waals surface area contributed by atoms with E-state index in [1.54, 1.807) is 29.2 Å². The van der Waals surface area contributed by atoms with Gasteiger partial charge in [0.2, 0.25) is 5.91 Å². The average molecular weight is 387 g/mol. The Balaban J connectivity index is 1.57. The number of rotatable bonds is 5. The molecule has 7 nitrogen and oxygen atoms in total. The average Bonchev–Trinajstić information content (AvgIpc) is 3.48. The quantitative estimate of drug-likeness (QED) is 0.824. The van der Waals surface area contributed by atoms with Gasteiger partial charge in [0.05, 0.1) is 29.9 Å². The third kappa shape index (κ3) is 3.68. The third-order valence-corrected chi connectivity index (χ3v) is 4.97. The molecule has 2 amide bonds. The molecule has 0 saturated heterocycles. The molecule has 0 radical (unpaired) electrons. The van der Waals surface area contributed by atoms with Crippen molar-refractivity contribution in [2.75, 3.05) is 35.7 Å². The number of ether oxygens (including phenoxy) is 1. The number of benzene rings is 1. The van der Waals surface area contributed by atoms with Gasteiger partial charge < -0.3 is 20.3 Å². The molecule has 8 heteroatoms. The van der Waals surface area contributed by atoms with E-state index in [1.807, 2.05) is 0 Å². The van der Waals surface area contributed by atoms with E-state index in [-0.39, 0.29) is 18.4 Å². The number of hydrogen-bond acceptors (Lipinski definition) is 5. The van der Waals surface area contributed by atoms with Gasteiger partial charge in [-0.05, 0) is 43.0 Å². The highest BCUT2D eigenvalue weighted by atomic mass is 35.5. The summed E-state index contributed by atoms with van der Waals surface area (Å²) in [5.41, 5.74) is 1.57. The summed E-state index contributed by atoms with van der Waals surface area (Å²) < 4.78 is 5.11. The summed E-state index contributed by atoms with van der Waals surface area (Å²) in [6.07, 6.45) is 3.77. The summed E-state index contributed by atoms with van der Waals surface area (Å²) in [4.78, 5) is 31.0. The Hall–Kier alpha value is -2.80. The lowest BCUT2D eigenvalue weighted by Crippen LogP contribution is -2.41. The molecule has 0 unspecified atom stereocenters. The lowest BCUT2D eigenvalue weighted by Gasteiger charge is -2.29. The van der Waals surface area contributed by atoms with Crippen molar-refractivity contribution in [1.82, 2.24) is 4.98 Å². The number of aromatic nitrogens is 1. The molecule has 2 heterocycles. The molecule has 4 rings (SSSR count). The van der Waals surface area contributed by atoms with Crippen LogP contribution < -0.4 is 20.3 Å². The Morgan fingerprint density at radius 2 is 2.22 bits per heavy atom. The van der Waals surface area contributed by atoms with Crippen LogP contribution in [0.25, 0.3) is 0 Å². The van der Waals surface area contributed by atoms with Gasteiger partial charge in [-0.1, -0.05) is 11.6 Å². The van der Waals surface area contributed by atoms with Gasteiger partial charge in [-0.15, -0.1) is 0 Å². The number of amides is 2. The second-order valence-electron chi connectivity index (χ2n) is 6.70. The summed E-state index contributed by atoms with van der Waals surface area (Å²) >= 11 is 6.10. The Morgan fingerprint density at radius 1 is 1.41 bits per heavy atom. The second kappa shape index (κ2) is 7.08. The van der Waals surface area contributed by atoms with Crippen LogP contribution in [0.1, 0.15) is 23.2 Å². The van der Waals surface area contributed by atoms with Crippen LogP contribution in [0.3, 0.4) is 0 Å². The molecule has 1 aromatic carbocycles. The highest BCUT2D eigenvalue weighted by Gasteiger charge is 2.32. The number of carbonyl (C=O) groups is 2. The predicted molar refractivity (Wildman–Crippen MR) is 104 cm³/mol. The topological polar surface area (TPSA) is 83.6 Å². The van der Waals surface area contributed by atoms with Crippen LogP contribution in [-0.2, 0) is 4.79 Å². The maximum Gasteiger partial charge on any atom is 0.257 e. The molecule has 1 aliphatic heterocycles. The number of methoxy groups -OCH3 is 1. The molecule has 2 aromatic rings. The van der Waals surface area contributed by atoms with E-state index in [1.165, 1.54) is 13.3 Å². The van der Waals surface area contributed by atoms with Gasteiger partial charge in [0, 0.05) is 18.4 Å². The highest BCUT2D eigenvalue weighted by Crippen LogP contribution is 2.35. The molecule has 1 fully saturated rings. The molecule has 2 aliphatic rings. The fraction of sp³-hybridized carbons (Fsp3) is 0.316. The van der Waals surface area contributed by atoms with Gasteiger partial charge in [-0.25, -0.2) is 4.98 Å². The first-order valence-electron chi connectivity index (χ1n) is 8.74. The predicted octanol–water partition coefficient (Wildman–Crippen LogP) is 3.16. The Bertz CT molecular complexity index is 914. The van der Waals surface area contributed by atoms with E-state index in [4.69, 9.17) is 16.3 Å². The first-order chi connectivity index (χ1) is 13.0. The standard InChI is InChI=1S/C19H19ClN4O3/c1-27-16-5-4-13(7-14(16)20)23-19(26)12-6-15-18(21-8-12)22-9-17(25)24(15)10-11-2-3-11/h4-8,11H,2-3,9-10H2,1H3,(H,21,22)(H,23,26). The van der Waals surface area contributed by atoms with E-state index in [0.717, 1.165) is 12.8 Å². The van der Waals surface area contributed by atoms with Crippen molar-refractivity contribution in [3.8, 4) is 5.75 Å². The highest BCUT2D eigenvalue weighted by molar-refractivity contribution is 6.32. The van der Waals surface area contributed by atoms with Crippen molar-refractivity contribution in [2.24, 2.45) is 5.92 Å². The molecule has 1 aromatic heterocycles. The van der Waals surface area contributed by atoms with Crippen molar-refractivity contribution in [1.29, 1.82) is 0 Å². The largest absolute Gasteiger partial charge is 0.495 e. The summed E-state index contributed by atoms with van der Waals surface area (Å²) in [6, 6.07) is 6.71. The summed E-state index contributed by atoms with van der Waals surface area (Å²) in [5, 5.41) is 6.21. The zero-order valence-corrected chi connectivity index (χ0v) is 15.5. The number of pyridine rings is 1. The van der Waals surface area contributed by atoms with Crippen LogP contribution in [0.5, 0.6) is 5.75 Å². The zero-order valence-electron chi connectivity index (χ0n) is 14.8. The number of fused-ring (bicyclic) bond motifs is 1. The van der Waals surface area contributed by atoms with Crippen molar-refractivity contribution in [3.63, 3.8) is 0 Å². The molecule has 0 atom stereocenters. The second-order valence-corrected chi connectivity index (χ2v) is 7.10. The molecule has 0 spiro atoms. The monoisotopic (exact) mass is 386 g/mol. The van der Waals surface area contributed by atoms with Crippen molar-refractivity contribution < 1.29 is 14.3 Å². The van der Waals surface area contributed by atoms with Gasteiger partial charge in [0.25, 0.3) is 5.91 Å². The summed E-state index contributed by atoms with van der Waals surface area (Å²) in [5.74, 6) is 1.37. The first kappa shape index (κ1) is 17.6. The molecule has 1 aliphatic carbocycles. The SMILES string of the molecule is COc1ccc(NC(=O)c2cnc3c(c2)N(CC2CC2)C(=O)CN3)cc1Cl. The number of nitrogens with one attached hydrogen (secondary N) is 2. The Kier molecular flexibility index (Phi) is 4.61. The normalized spacial score (nSPS) is 15.8. The maximum absolute atomic E-state index is 12.6. The van der Waals surface area contributed by atoms with Crippen LogP contribution in [-0.4, -0.2) is 37.0 Å². The van der Waals surface area contributed by atoms with Crippen molar-refractivity contribution in [3.05, 3.63) is 41.0 Å². The van der Waals surface area contributed by atoms with Crippen LogP contribution >= 0.6 is 11.6 Å². The van der Waals surface area contributed by atoms with Crippen molar-refractivity contribution in [2.45, 2.75) is 12.8 Å². The van der Waals surface area contributed by atoms with Crippen LogP contribution in [0.2, 0.25) is 5.02 Å². The first-order valence-corrected chi connectivity index (χ1v) is 9.12. The number of halogens is 1. The molecular formula is C19H19ClN4O3. The van der Waals surface area contributed by atoms with E-state index < -0.39 is 0 Å². The fourth-order valence-electron chi connectivity index (χ4n) is 3.01. The van der Waals surface area contributed by atoms with Crippen LogP contribution in [0.15, 0.2) is 30.5 Å². The van der Waals surface area contributed by atoms with Crippen molar-refractivity contribution >= 4 is 40.6 Å². The summed E-state index contributed by atoms with van der Waals surface area (Å²) in [6.45, 7) is 0.900. The van der Waals surface area contributed by atoms with Gasteiger partial charge in [-0.2, -0.15) is 0 Å². The van der Waals surface area contributed by atoms with Gasteiger partial charge in [0.1, 0.15) is 11.6 Å².